The van der Waals surface area contributed by atoms with Crippen LogP contribution in [-0.2, 0) is 4.79 Å². The van der Waals surface area contributed by atoms with Crippen molar-refractivity contribution in [2.75, 3.05) is 5.32 Å². The molecule has 7 rings (SSSR count). The zero-order valence-electron chi connectivity index (χ0n) is 17.6. The highest BCUT2D eigenvalue weighted by molar-refractivity contribution is 6.28. The van der Waals surface area contributed by atoms with Gasteiger partial charge in [0.05, 0.1) is 23.9 Å². The number of hydrogen-bond acceptors (Lipinski definition) is 7. The number of nitrogens with zero attached hydrogens (tertiary/aromatic N) is 4. The Morgan fingerprint density at radius 2 is 2.03 bits per heavy atom. The molecule has 5 fully saturated rings. The fraction of sp³-hybridized carbons (Fsp3) is 0.727. The molecule has 2 heterocycles. The Hall–Kier alpha value is -1.97. The lowest BCUT2D eigenvalue weighted by atomic mass is 9.95. The lowest BCUT2D eigenvalue weighted by Crippen LogP contribution is -2.43. The molecule has 0 aromatic carbocycles. The smallest absolute Gasteiger partial charge is 0.229 e. The van der Waals surface area contributed by atoms with E-state index >= 15 is 0 Å². The van der Waals surface area contributed by atoms with Crippen LogP contribution in [0.3, 0.4) is 0 Å². The van der Waals surface area contributed by atoms with Crippen molar-refractivity contribution in [3.63, 3.8) is 0 Å². The van der Waals surface area contributed by atoms with Gasteiger partial charge in [-0.15, -0.1) is 0 Å². The van der Waals surface area contributed by atoms with Crippen molar-refractivity contribution in [2.45, 2.75) is 75.3 Å². The van der Waals surface area contributed by atoms with E-state index < -0.39 is 23.7 Å². The number of amides is 1. The van der Waals surface area contributed by atoms with Crippen LogP contribution in [0.2, 0.25) is 5.28 Å². The average molecular weight is 459 g/mol. The lowest BCUT2D eigenvalue weighted by molar-refractivity contribution is -0.132. The lowest BCUT2D eigenvalue weighted by Gasteiger charge is -2.24. The third kappa shape index (κ3) is 2.64. The number of aliphatic hydroxyl groups is 2. The van der Waals surface area contributed by atoms with E-state index in [1.54, 1.807) is 10.9 Å². The SMILES string of the molecule is O=C(NC1CC1)C12CC1[C@@H](n1cnc3c(NC4CC5CCC4C5)nc(Cl)nc31)[C@H](O)C2O. The molecule has 2 bridgehead atoms. The molecule has 2 aromatic heterocycles. The van der Waals surface area contributed by atoms with Crippen molar-refractivity contribution in [2.24, 2.45) is 23.2 Å². The molecule has 5 aliphatic carbocycles. The number of hydrogen-bond donors (Lipinski definition) is 4. The molecule has 1 amide bonds. The summed E-state index contributed by atoms with van der Waals surface area (Å²) >= 11 is 6.30. The second-order valence-corrected chi connectivity index (χ2v) is 11.0. The van der Waals surface area contributed by atoms with Crippen LogP contribution >= 0.6 is 11.6 Å². The molecule has 8 atom stereocenters. The summed E-state index contributed by atoms with van der Waals surface area (Å²) in [5, 5.41) is 28.5. The Morgan fingerprint density at radius 3 is 2.75 bits per heavy atom. The summed E-state index contributed by atoms with van der Waals surface area (Å²) in [6.45, 7) is 0. The number of imidazole rings is 1. The predicted octanol–water partition coefficient (Wildman–Crippen LogP) is 1.64. The topological polar surface area (TPSA) is 125 Å². The minimum absolute atomic E-state index is 0.117. The number of anilines is 1. The first-order valence-electron chi connectivity index (χ1n) is 11.8. The highest BCUT2D eigenvalue weighted by Gasteiger charge is 2.75. The zero-order valence-corrected chi connectivity index (χ0v) is 18.4. The number of fused-ring (bicyclic) bond motifs is 4. The van der Waals surface area contributed by atoms with Gasteiger partial charge in [-0.25, -0.2) is 4.98 Å². The number of nitrogens with one attached hydrogen (secondary N) is 2. The maximum absolute atomic E-state index is 12.9. The highest BCUT2D eigenvalue weighted by atomic mass is 35.5. The second-order valence-electron chi connectivity index (χ2n) is 10.6. The van der Waals surface area contributed by atoms with Gasteiger partial charge in [0.15, 0.2) is 17.0 Å². The minimum atomic E-state index is -1.11. The third-order valence-corrected chi connectivity index (χ3v) is 8.95. The van der Waals surface area contributed by atoms with Crippen LogP contribution in [0, 0.1) is 23.2 Å². The summed E-state index contributed by atoms with van der Waals surface area (Å²) in [6.07, 6.45) is 6.93. The van der Waals surface area contributed by atoms with E-state index in [4.69, 9.17) is 11.6 Å². The molecule has 0 radical (unpaired) electrons. The van der Waals surface area contributed by atoms with Gasteiger partial charge in [-0.2, -0.15) is 9.97 Å². The average Bonchev–Trinajstić information content (AvgIpc) is 3.54. The fourth-order valence-corrected chi connectivity index (χ4v) is 7.07. The highest BCUT2D eigenvalue weighted by Crippen LogP contribution is 2.68. The zero-order chi connectivity index (χ0) is 21.8. The first kappa shape index (κ1) is 19.5. The maximum atomic E-state index is 12.9. The molecule has 9 nitrogen and oxygen atoms in total. The number of carbonyl (C=O) groups is 1. The number of aliphatic hydroxyl groups excluding tert-OH is 2. The fourth-order valence-electron chi connectivity index (χ4n) is 6.91. The Kier molecular flexibility index (Phi) is 3.99. The molecule has 170 valence electrons. The molecule has 10 heteroatoms. The maximum Gasteiger partial charge on any atom is 0.229 e. The van der Waals surface area contributed by atoms with Gasteiger partial charge in [0.2, 0.25) is 11.2 Å². The number of carbonyl (C=O) groups excluding carboxylic acids is 1. The normalized spacial score (nSPS) is 41.8. The summed E-state index contributed by atoms with van der Waals surface area (Å²) in [5.41, 5.74) is 0.209. The van der Waals surface area contributed by atoms with Crippen molar-refractivity contribution >= 4 is 34.5 Å². The summed E-state index contributed by atoms with van der Waals surface area (Å²) in [7, 11) is 0. The molecular formula is C22H27ClN6O3. The summed E-state index contributed by atoms with van der Waals surface area (Å²) in [4.78, 5) is 26.3. The van der Waals surface area contributed by atoms with Crippen molar-refractivity contribution < 1.29 is 15.0 Å². The largest absolute Gasteiger partial charge is 0.389 e. The van der Waals surface area contributed by atoms with E-state index in [0.29, 0.717) is 35.4 Å². The van der Waals surface area contributed by atoms with Gasteiger partial charge in [0, 0.05) is 18.0 Å². The standard InChI is InChI=1S/C22H27ClN6O3/c23-21-27-18(26-13-6-9-1-2-10(13)5-9)14-19(28-21)29(8-24-14)15-12-7-22(12,17(31)16(15)30)20(32)25-11-3-4-11/h8-13,15-17,30-31H,1-7H2,(H,25,32)(H,26,27,28)/t9?,10?,12?,13?,15-,16+,17?,22?/m1/s1. The van der Waals surface area contributed by atoms with Gasteiger partial charge < -0.3 is 25.4 Å². The summed E-state index contributed by atoms with van der Waals surface area (Å²) < 4.78 is 1.78. The molecule has 32 heavy (non-hydrogen) atoms. The Bertz CT molecular complexity index is 1120. The first-order chi connectivity index (χ1) is 15.5. The molecule has 0 spiro atoms. The van der Waals surface area contributed by atoms with Crippen molar-refractivity contribution in [1.82, 2.24) is 24.8 Å². The Morgan fingerprint density at radius 1 is 1.19 bits per heavy atom. The molecule has 6 unspecified atom stereocenters. The van der Waals surface area contributed by atoms with Crippen LogP contribution in [0.1, 0.15) is 51.0 Å². The van der Waals surface area contributed by atoms with Gasteiger partial charge in [-0.3, -0.25) is 4.79 Å². The van der Waals surface area contributed by atoms with Crippen LogP contribution in [0.5, 0.6) is 0 Å². The summed E-state index contributed by atoms with van der Waals surface area (Å²) in [6, 6.07) is 0.0945. The van der Waals surface area contributed by atoms with Crippen LogP contribution in [-0.4, -0.2) is 59.9 Å². The number of rotatable bonds is 5. The first-order valence-corrected chi connectivity index (χ1v) is 12.2. The third-order valence-electron chi connectivity index (χ3n) is 8.78. The second kappa shape index (κ2) is 6.55. The van der Waals surface area contributed by atoms with Crippen LogP contribution in [0.25, 0.3) is 11.2 Å². The van der Waals surface area contributed by atoms with E-state index in [1.165, 1.54) is 19.3 Å². The van der Waals surface area contributed by atoms with Crippen molar-refractivity contribution in [1.29, 1.82) is 0 Å². The molecule has 0 saturated heterocycles. The van der Waals surface area contributed by atoms with E-state index in [2.05, 4.69) is 25.6 Å². The van der Waals surface area contributed by atoms with E-state index in [1.807, 2.05) is 0 Å². The number of halogens is 1. The Labute approximate surface area is 190 Å². The minimum Gasteiger partial charge on any atom is -0.389 e. The van der Waals surface area contributed by atoms with Gasteiger partial charge in [0.25, 0.3) is 0 Å². The van der Waals surface area contributed by atoms with Gasteiger partial charge in [0.1, 0.15) is 6.10 Å². The van der Waals surface area contributed by atoms with Crippen molar-refractivity contribution in [3.8, 4) is 0 Å². The van der Waals surface area contributed by atoms with Gasteiger partial charge in [-0.05, 0) is 62.0 Å². The predicted molar refractivity (Wildman–Crippen MR) is 116 cm³/mol. The summed E-state index contributed by atoms with van der Waals surface area (Å²) in [5.74, 6) is 1.77. The molecule has 0 aliphatic heterocycles. The van der Waals surface area contributed by atoms with E-state index in [-0.39, 0.29) is 23.2 Å². The quantitative estimate of drug-likeness (QED) is 0.502. The Balaban J connectivity index is 1.22. The molecule has 5 aliphatic rings. The van der Waals surface area contributed by atoms with Gasteiger partial charge in [-0.1, -0.05) is 6.42 Å². The number of aromatic nitrogens is 4. The van der Waals surface area contributed by atoms with E-state index in [9.17, 15) is 15.0 Å². The van der Waals surface area contributed by atoms with Crippen LogP contribution in [0.15, 0.2) is 6.33 Å². The van der Waals surface area contributed by atoms with E-state index in [0.717, 1.165) is 25.2 Å². The molecule has 4 N–H and O–H groups in total. The van der Waals surface area contributed by atoms with Gasteiger partial charge >= 0.3 is 0 Å². The molecule has 2 aromatic rings. The molecular weight excluding hydrogens is 432 g/mol. The van der Waals surface area contributed by atoms with Crippen LogP contribution in [0.4, 0.5) is 5.82 Å². The monoisotopic (exact) mass is 458 g/mol. The van der Waals surface area contributed by atoms with Crippen molar-refractivity contribution in [3.05, 3.63) is 11.6 Å². The molecule has 5 saturated carbocycles. The van der Waals surface area contributed by atoms with Crippen LogP contribution < -0.4 is 10.6 Å².